The largest absolute Gasteiger partial charge is 0.493 e. The van der Waals surface area contributed by atoms with Crippen molar-refractivity contribution in [3.8, 4) is 17.2 Å². The lowest BCUT2D eigenvalue weighted by molar-refractivity contribution is 0.321. The molecule has 0 amide bonds. The van der Waals surface area contributed by atoms with E-state index in [0.29, 0.717) is 30.3 Å². The molecule has 0 aliphatic heterocycles. The third-order valence-corrected chi connectivity index (χ3v) is 3.34. The molecular weight excluding hydrogens is 321 g/mol. The molecule has 0 radical (unpaired) electrons. The van der Waals surface area contributed by atoms with Gasteiger partial charge in [-0.3, -0.25) is 0 Å². The van der Waals surface area contributed by atoms with E-state index >= 15 is 0 Å². The Morgan fingerprint density at radius 2 is 1.48 bits per heavy atom. The first-order valence-corrected chi connectivity index (χ1v) is 6.92. The normalized spacial score (nSPS) is 9.91. The second-order valence-corrected chi connectivity index (χ2v) is 4.72. The van der Waals surface area contributed by atoms with Crippen LogP contribution in [0.2, 0.25) is 0 Å². The summed E-state index contributed by atoms with van der Waals surface area (Å²) in [6.07, 6.45) is 0. The zero-order valence-electron chi connectivity index (χ0n) is 13.4. The van der Waals surface area contributed by atoms with Crippen LogP contribution in [-0.4, -0.2) is 21.3 Å². The number of nitrogens with one attached hydrogen (secondary N) is 1. The highest BCUT2D eigenvalue weighted by molar-refractivity contribution is 5.85. The topological polar surface area (TPSA) is 39.7 Å². The Morgan fingerprint density at radius 3 is 2.04 bits per heavy atom. The third-order valence-electron chi connectivity index (χ3n) is 3.34. The zero-order valence-corrected chi connectivity index (χ0v) is 14.2. The summed E-state index contributed by atoms with van der Waals surface area (Å²) < 4.78 is 28.9. The van der Waals surface area contributed by atoms with Crippen LogP contribution < -0.4 is 19.5 Å². The molecule has 0 fully saturated rings. The minimum Gasteiger partial charge on any atom is -0.493 e. The Morgan fingerprint density at radius 1 is 0.826 bits per heavy atom. The Kier molecular flexibility index (Phi) is 7.65. The van der Waals surface area contributed by atoms with Gasteiger partial charge in [0.05, 0.1) is 21.3 Å². The molecular formula is C17H21ClFNO3. The number of ether oxygens (including phenoxy) is 3. The van der Waals surface area contributed by atoms with Crippen LogP contribution in [0.3, 0.4) is 0 Å². The van der Waals surface area contributed by atoms with Gasteiger partial charge >= 0.3 is 0 Å². The molecule has 0 unspecified atom stereocenters. The monoisotopic (exact) mass is 341 g/mol. The number of benzene rings is 2. The van der Waals surface area contributed by atoms with Crippen molar-refractivity contribution < 1.29 is 18.6 Å². The van der Waals surface area contributed by atoms with Gasteiger partial charge in [0.1, 0.15) is 5.82 Å². The number of hydrogen-bond donors (Lipinski definition) is 1. The molecule has 1 N–H and O–H groups in total. The Bertz CT molecular complexity index is 620. The van der Waals surface area contributed by atoms with Gasteiger partial charge in [-0.2, -0.15) is 0 Å². The van der Waals surface area contributed by atoms with E-state index in [-0.39, 0.29) is 18.2 Å². The van der Waals surface area contributed by atoms with Crippen LogP contribution in [0.5, 0.6) is 17.2 Å². The fraction of sp³-hybridized carbons (Fsp3) is 0.294. The zero-order chi connectivity index (χ0) is 15.9. The van der Waals surface area contributed by atoms with Gasteiger partial charge < -0.3 is 19.5 Å². The van der Waals surface area contributed by atoms with Crippen molar-refractivity contribution in [1.82, 2.24) is 5.32 Å². The molecule has 0 heterocycles. The van der Waals surface area contributed by atoms with E-state index in [1.807, 2.05) is 12.1 Å². The van der Waals surface area contributed by atoms with Crippen molar-refractivity contribution in [3.63, 3.8) is 0 Å². The van der Waals surface area contributed by atoms with Gasteiger partial charge in [-0.15, -0.1) is 12.4 Å². The van der Waals surface area contributed by atoms with Gasteiger partial charge in [0.2, 0.25) is 5.75 Å². The number of rotatable bonds is 7. The predicted molar refractivity (Wildman–Crippen MR) is 90.3 cm³/mol. The summed E-state index contributed by atoms with van der Waals surface area (Å²) in [5.41, 5.74) is 1.98. The Labute approximate surface area is 142 Å². The van der Waals surface area contributed by atoms with Gasteiger partial charge in [0.15, 0.2) is 11.5 Å². The third kappa shape index (κ3) is 4.74. The average Bonchev–Trinajstić information content (AvgIpc) is 2.55. The van der Waals surface area contributed by atoms with E-state index in [4.69, 9.17) is 14.2 Å². The van der Waals surface area contributed by atoms with Crippen molar-refractivity contribution in [3.05, 3.63) is 53.3 Å². The summed E-state index contributed by atoms with van der Waals surface area (Å²) in [5, 5.41) is 3.30. The van der Waals surface area contributed by atoms with Crippen molar-refractivity contribution in [2.45, 2.75) is 13.1 Å². The van der Waals surface area contributed by atoms with Crippen molar-refractivity contribution >= 4 is 12.4 Å². The SMILES string of the molecule is COc1ccc(CNCc2ccc(F)cc2)c(OC)c1OC.Cl. The van der Waals surface area contributed by atoms with Crippen LogP contribution in [0, 0.1) is 5.82 Å². The molecule has 0 atom stereocenters. The van der Waals surface area contributed by atoms with Gasteiger partial charge in [0.25, 0.3) is 0 Å². The summed E-state index contributed by atoms with van der Waals surface area (Å²) in [7, 11) is 4.76. The molecule has 2 rings (SSSR count). The predicted octanol–water partition coefficient (Wildman–Crippen LogP) is 3.56. The van der Waals surface area contributed by atoms with Crippen LogP contribution in [0.25, 0.3) is 0 Å². The van der Waals surface area contributed by atoms with Crippen LogP contribution in [0.1, 0.15) is 11.1 Å². The highest BCUT2D eigenvalue weighted by Crippen LogP contribution is 2.39. The maximum Gasteiger partial charge on any atom is 0.203 e. The van der Waals surface area contributed by atoms with Crippen LogP contribution in [-0.2, 0) is 13.1 Å². The molecule has 6 heteroatoms. The van der Waals surface area contributed by atoms with E-state index < -0.39 is 0 Å². The van der Waals surface area contributed by atoms with Crippen molar-refractivity contribution in [1.29, 1.82) is 0 Å². The molecule has 0 saturated heterocycles. The van der Waals surface area contributed by atoms with E-state index in [9.17, 15) is 4.39 Å². The van der Waals surface area contributed by atoms with Crippen LogP contribution in [0.15, 0.2) is 36.4 Å². The fourth-order valence-electron chi connectivity index (χ4n) is 2.25. The van der Waals surface area contributed by atoms with Crippen molar-refractivity contribution in [2.75, 3.05) is 21.3 Å². The molecule has 0 aliphatic carbocycles. The molecule has 4 nitrogen and oxygen atoms in total. The summed E-state index contributed by atoms with van der Waals surface area (Å²) in [4.78, 5) is 0. The summed E-state index contributed by atoms with van der Waals surface area (Å²) >= 11 is 0. The quantitative estimate of drug-likeness (QED) is 0.836. The second kappa shape index (κ2) is 9.22. The summed E-state index contributed by atoms with van der Waals surface area (Å²) in [5.74, 6) is 1.62. The van der Waals surface area contributed by atoms with Gasteiger partial charge in [-0.25, -0.2) is 4.39 Å². The summed E-state index contributed by atoms with van der Waals surface area (Å²) in [6, 6.07) is 10.2. The first kappa shape index (κ1) is 19.1. The fourth-order valence-corrected chi connectivity index (χ4v) is 2.25. The van der Waals surface area contributed by atoms with E-state index in [0.717, 1.165) is 11.1 Å². The van der Waals surface area contributed by atoms with E-state index in [1.54, 1.807) is 33.5 Å². The number of methoxy groups -OCH3 is 3. The maximum absolute atomic E-state index is 12.9. The van der Waals surface area contributed by atoms with E-state index in [1.165, 1.54) is 12.1 Å². The van der Waals surface area contributed by atoms with Crippen molar-refractivity contribution in [2.24, 2.45) is 0 Å². The van der Waals surface area contributed by atoms with E-state index in [2.05, 4.69) is 5.32 Å². The van der Waals surface area contributed by atoms with Crippen LogP contribution >= 0.6 is 12.4 Å². The first-order chi connectivity index (χ1) is 10.7. The first-order valence-electron chi connectivity index (χ1n) is 6.92. The molecule has 23 heavy (non-hydrogen) atoms. The van der Waals surface area contributed by atoms with Gasteiger partial charge in [-0.1, -0.05) is 18.2 Å². The highest BCUT2D eigenvalue weighted by Gasteiger charge is 2.15. The standard InChI is InChI=1S/C17H20FNO3.ClH/c1-20-15-9-6-13(16(21-2)17(15)22-3)11-19-10-12-4-7-14(18)8-5-12;/h4-9,19H,10-11H2,1-3H3;1H. The van der Waals surface area contributed by atoms with Gasteiger partial charge in [-0.05, 0) is 23.8 Å². The molecule has 0 bridgehead atoms. The molecule has 0 saturated carbocycles. The Balaban J connectivity index is 0.00000264. The number of hydrogen-bond acceptors (Lipinski definition) is 4. The molecule has 2 aromatic rings. The minimum atomic E-state index is -0.231. The molecule has 0 aliphatic rings. The number of halogens is 2. The second-order valence-electron chi connectivity index (χ2n) is 4.72. The Hall–Kier alpha value is -1.98. The molecule has 126 valence electrons. The molecule has 0 aromatic heterocycles. The van der Waals surface area contributed by atoms with Crippen LogP contribution in [0.4, 0.5) is 4.39 Å². The lowest BCUT2D eigenvalue weighted by Crippen LogP contribution is -2.13. The minimum absolute atomic E-state index is 0. The van der Waals surface area contributed by atoms with Gasteiger partial charge in [0, 0.05) is 18.7 Å². The lowest BCUT2D eigenvalue weighted by atomic mass is 10.1. The summed E-state index contributed by atoms with van der Waals surface area (Å²) in [6.45, 7) is 1.23. The average molecular weight is 342 g/mol. The highest BCUT2D eigenvalue weighted by atomic mass is 35.5. The molecule has 0 spiro atoms. The lowest BCUT2D eigenvalue weighted by Gasteiger charge is -2.16. The molecule has 2 aromatic carbocycles. The maximum atomic E-state index is 12.9. The smallest absolute Gasteiger partial charge is 0.203 e.